The molecule has 0 aliphatic carbocycles. The zero-order valence-electron chi connectivity index (χ0n) is 11.6. The number of hydrogen-bond acceptors (Lipinski definition) is 3. The van der Waals surface area contributed by atoms with E-state index in [4.69, 9.17) is 4.42 Å². The van der Waals surface area contributed by atoms with E-state index in [9.17, 15) is 9.59 Å². The van der Waals surface area contributed by atoms with Crippen LogP contribution >= 0.6 is 15.9 Å². The van der Waals surface area contributed by atoms with Crippen LogP contribution in [0.3, 0.4) is 0 Å². The van der Waals surface area contributed by atoms with Gasteiger partial charge in [0.25, 0.3) is 5.91 Å². The van der Waals surface area contributed by atoms with Crippen molar-refractivity contribution in [3.8, 4) is 0 Å². The minimum absolute atomic E-state index is 0.135. The van der Waals surface area contributed by atoms with Gasteiger partial charge < -0.3 is 15.1 Å². The van der Waals surface area contributed by atoms with Gasteiger partial charge >= 0.3 is 0 Å². The molecule has 0 bridgehead atoms. The summed E-state index contributed by atoms with van der Waals surface area (Å²) in [4.78, 5) is 23.1. The summed E-state index contributed by atoms with van der Waals surface area (Å²) in [5.41, 5.74) is 1.59. The number of nitrogens with one attached hydrogen (secondary N) is 2. The number of furan rings is 1. The minimum Gasteiger partial charge on any atom is -0.444 e. The summed E-state index contributed by atoms with van der Waals surface area (Å²) in [6.07, 6.45) is 0. The molecule has 1 aromatic heterocycles. The lowest BCUT2D eigenvalue weighted by atomic mass is 10.1. The third-order valence-corrected chi connectivity index (χ3v) is 3.28. The summed E-state index contributed by atoms with van der Waals surface area (Å²) in [6.45, 7) is 3.31. The summed E-state index contributed by atoms with van der Waals surface area (Å²) in [7, 11) is 0. The van der Waals surface area contributed by atoms with Crippen LogP contribution in [0.1, 0.15) is 36.0 Å². The molecular weight excluding hydrogens is 336 g/mol. The largest absolute Gasteiger partial charge is 0.444 e. The van der Waals surface area contributed by atoms with Crippen molar-refractivity contribution in [2.45, 2.75) is 19.9 Å². The molecular formula is C15H15BrN2O3. The van der Waals surface area contributed by atoms with Gasteiger partial charge in [0.2, 0.25) is 5.91 Å². The molecule has 2 N–H and O–H groups in total. The van der Waals surface area contributed by atoms with Crippen molar-refractivity contribution in [3.63, 3.8) is 0 Å². The van der Waals surface area contributed by atoms with Crippen LogP contribution in [0.4, 0.5) is 5.69 Å². The normalized spacial score (nSPS) is 11.8. The maximum Gasteiger partial charge on any atom is 0.287 e. The molecule has 0 aliphatic heterocycles. The van der Waals surface area contributed by atoms with Crippen molar-refractivity contribution < 1.29 is 14.0 Å². The van der Waals surface area contributed by atoms with Gasteiger partial charge in [-0.05, 0) is 52.7 Å². The van der Waals surface area contributed by atoms with Crippen LogP contribution in [0, 0.1) is 0 Å². The van der Waals surface area contributed by atoms with Crippen LogP contribution in [-0.4, -0.2) is 11.8 Å². The average molecular weight is 351 g/mol. The second-order valence-electron chi connectivity index (χ2n) is 4.61. The third-order valence-electron chi connectivity index (χ3n) is 2.85. The quantitative estimate of drug-likeness (QED) is 0.886. The van der Waals surface area contributed by atoms with Gasteiger partial charge in [-0.3, -0.25) is 9.59 Å². The Morgan fingerprint density at radius 1 is 1.24 bits per heavy atom. The number of amides is 2. The molecule has 0 radical (unpaired) electrons. The first-order chi connectivity index (χ1) is 9.95. The molecule has 2 aromatic rings. The molecule has 21 heavy (non-hydrogen) atoms. The SMILES string of the molecule is CC(=O)Nc1cccc(C(C)NC(=O)c2ccc(Br)o2)c1. The Bertz CT molecular complexity index is 666. The first kappa shape index (κ1) is 15.3. The highest BCUT2D eigenvalue weighted by molar-refractivity contribution is 9.10. The number of anilines is 1. The van der Waals surface area contributed by atoms with Crippen molar-refractivity contribution in [2.24, 2.45) is 0 Å². The van der Waals surface area contributed by atoms with Crippen LogP contribution in [0.2, 0.25) is 0 Å². The average Bonchev–Trinajstić information content (AvgIpc) is 2.85. The van der Waals surface area contributed by atoms with Gasteiger partial charge in [0.05, 0.1) is 6.04 Å². The maximum absolute atomic E-state index is 12.0. The lowest BCUT2D eigenvalue weighted by molar-refractivity contribution is -0.114. The Morgan fingerprint density at radius 2 is 2.00 bits per heavy atom. The second kappa shape index (κ2) is 6.58. The van der Waals surface area contributed by atoms with Crippen LogP contribution in [-0.2, 0) is 4.79 Å². The molecule has 0 saturated carbocycles. The number of rotatable bonds is 4. The van der Waals surface area contributed by atoms with E-state index in [0.29, 0.717) is 10.4 Å². The summed E-state index contributed by atoms with van der Waals surface area (Å²) in [5.74, 6) is -0.186. The molecule has 1 unspecified atom stereocenters. The van der Waals surface area contributed by atoms with E-state index < -0.39 is 0 Å². The topological polar surface area (TPSA) is 71.3 Å². The molecule has 0 fully saturated rings. The zero-order valence-corrected chi connectivity index (χ0v) is 13.2. The summed E-state index contributed by atoms with van der Waals surface area (Å²) < 4.78 is 5.71. The maximum atomic E-state index is 12.0. The van der Waals surface area contributed by atoms with E-state index >= 15 is 0 Å². The fourth-order valence-electron chi connectivity index (χ4n) is 1.88. The highest BCUT2D eigenvalue weighted by atomic mass is 79.9. The van der Waals surface area contributed by atoms with Gasteiger partial charge in [0.15, 0.2) is 10.4 Å². The number of carbonyl (C=O) groups excluding carboxylic acids is 2. The Balaban J connectivity index is 2.07. The van der Waals surface area contributed by atoms with E-state index in [-0.39, 0.29) is 23.6 Å². The molecule has 0 aliphatic rings. The molecule has 110 valence electrons. The van der Waals surface area contributed by atoms with E-state index in [2.05, 4.69) is 26.6 Å². The summed E-state index contributed by atoms with van der Waals surface area (Å²) in [5, 5.41) is 5.55. The van der Waals surface area contributed by atoms with Crippen molar-refractivity contribution in [3.05, 3.63) is 52.4 Å². The van der Waals surface area contributed by atoms with Gasteiger partial charge in [-0.1, -0.05) is 12.1 Å². The number of halogens is 1. The van der Waals surface area contributed by atoms with Crippen LogP contribution in [0.15, 0.2) is 45.5 Å². The fraction of sp³-hybridized carbons (Fsp3) is 0.200. The van der Waals surface area contributed by atoms with Crippen molar-refractivity contribution in [1.29, 1.82) is 0 Å². The van der Waals surface area contributed by atoms with Gasteiger partial charge in [-0.25, -0.2) is 0 Å². The van der Waals surface area contributed by atoms with E-state index in [1.54, 1.807) is 18.2 Å². The Hall–Kier alpha value is -2.08. The van der Waals surface area contributed by atoms with E-state index in [1.807, 2.05) is 25.1 Å². The lowest BCUT2D eigenvalue weighted by Gasteiger charge is -2.14. The molecule has 5 nitrogen and oxygen atoms in total. The monoisotopic (exact) mass is 350 g/mol. The summed E-state index contributed by atoms with van der Waals surface area (Å²) in [6, 6.07) is 10.4. The first-order valence-electron chi connectivity index (χ1n) is 6.39. The van der Waals surface area contributed by atoms with Crippen LogP contribution < -0.4 is 10.6 Å². The smallest absolute Gasteiger partial charge is 0.287 e. The lowest BCUT2D eigenvalue weighted by Crippen LogP contribution is -2.26. The van der Waals surface area contributed by atoms with E-state index in [1.165, 1.54) is 6.92 Å². The molecule has 1 aromatic carbocycles. The van der Waals surface area contributed by atoms with Gasteiger partial charge in [0.1, 0.15) is 0 Å². The molecule has 2 rings (SSSR count). The Morgan fingerprint density at radius 3 is 2.62 bits per heavy atom. The van der Waals surface area contributed by atoms with Gasteiger partial charge in [0, 0.05) is 12.6 Å². The van der Waals surface area contributed by atoms with Crippen molar-refractivity contribution in [1.82, 2.24) is 5.32 Å². The molecule has 0 spiro atoms. The first-order valence-corrected chi connectivity index (χ1v) is 7.19. The Labute approximate surface area is 130 Å². The minimum atomic E-state index is -0.293. The fourth-order valence-corrected chi connectivity index (χ4v) is 2.18. The van der Waals surface area contributed by atoms with Gasteiger partial charge in [-0.15, -0.1) is 0 Å². The highest BCUT2D eigenvalue weighted by Gasteiger charge is 2.14. The van der Waals surface area contributed by atoms with Crippen LogP contribution in [0.5, 0.6) is 0 Å². The zero-order chi connectivity index (χ0) is 15.4. The number of hydrogen-bond donors (Lipinski definition) is 2. The highest BCUT2D eigenvalue weighted by Crippen LogP contribution is 2.19. The van der Waals surface area contributed by atoms with Crippen LogP contribution in [0.25, 0.3) is 0 Å². The third kappa shape index (κ3) is 4.19. The summed E-state index contributed by atoms with van der Waals surface area (Å²) >= 11 is 3.16. The number of benzene rings is 1. The standard InChI is InChI=1S/C15H15BrN2O3/c1-9(17-15(20)13-6-7-14(16)21-13)11-4-3-5-12(8-11)18-10(2)19/h3-9H,1-2H3,(H,17,20)(H,18,19). The second-order valence-corrected chi connectivity index (χ2v) is 5.39. The van der Waals surface area contributed by atoms with E-state index in [0.717, 1.165) is 5.56 Å². The molecule has 2 amide bonds. The molecule has 1 atom stereocenters. The predicted octanol–water partition coefficient (Wildman–Crippen LogP) is 3.49. The molecule has 0 saturated heterocycles. The molecule has 1 heterocycles. The number of carbonyl (C=O) groups is 2. The molecule has 6 heteroatoms. The van der Waals surface area contributed by atoms with Crippen molar-refractivity contribution >= 4 is 33.4 Å². The Kier molecular flexibility index (Phi) is 4.80. The predicted molar refractivity (Wildman–Crippen MR) is 83.0 cm³/mol. The van der Waals surface area contributed by atoms with Gasteiger partial charge in [-0.2, -0.15) is 0 Å². The van der Waals surface area contributed by atoms with Crippen molar-refractivity contribution in [2.75, 3.05) is 5.32 Å².